The van der Waals surface area contributed by atoms with E-state index in [4.69, 9.17) is 4.74 Å². The Morgan fingerprint density at radius 3 is 2.70 bits per heavy atom. The topological polar surface area (TPSA) is 105 Å². The molecule has 3 rings (SSSR count). The Balaban J connectivity index is 1.91. The number of carboxylic acid groups (broad SMARTS) is 1. The fourth-order valence-corrected chi connectivity index (χ4v) is 4.44. The first-order valence-corrected chi connectivity index (χ1v) is 11.2. The molecule has 1 aromatic heterocycles. The molecular formula is C20H22N4O4S2. The summed E-state index contributed by atoms with van der Waals surface area (Å²) in [5.74, 6) is -0.777. The first kappa shape index (κ1) is 22.0. The van der Waals surface area contributed by atoms with Gasteiger partial charge in [0.15, 0.2) is 11.3 Å². The van der Waals surface area contributed by atoms with Crippen molar-refractivity contribution in [1.82, 2.24) is 15.1 Å². The number of benzene rings is 1. The van der Waals surface area contributed by atoms with Gasteiger partial charge in [0.2, 0.25) is 5.13 Å². The van der Waals surface area contributed by atoms with Gasteiger partial charge in [0, 0.05) is 12.1 Å². The number of rotatable bonds is 8. The van der Waals surface area contributed by atoms with Gasteiger partial charge >= 0.3 is 5.97 Å². The third kappa shape index (κ3) is 4.88. The number of likely N-dealkylation sites (N-methyl/N-ethyl adjacent to an activating group) is 1. The van der Waals surface area contributed by atoms with Gasteiger partial charge in [0.1, 0.15) is 10.8 Å². The molecule has 1 aromatic carbocycles. The van der Waals surface area contributed by atoms with Crippen molar-refractivity contribution < 1.29 is 19.4 Å². The summed E-state index contributed by atoms with van der Waals surface area (Å²) in [7, 11) is 0. The van der Waals surface area contributed by atoms with E-state index in [0.717, 1.165) is 11.4 Å². The van der Waals surface area contributed by atoms with Crippen molar-refractivity contribution in [3.63, 3.8) is 0 Å². The lowest BCUT2D eigenvalue weighted by Gasteiger charge is -2.15. The van der Waals surface area contributed by atoms with E-state index in [1.807, 2.05) is 19.9 Å². The van der Waals surface area contributed by atoms with Crippen LogP contribution in [0.4, 0.5) is 5.13 Å². The van der Waals surface area contributed by atoms with Gasteiger partial charge < -0.3 is 9.84 Å². The summed E-state index contributed by atoms with van der Waals surface area (Å²) < 4.78 is 5.67. The quantitative estimate of drug-likeness (QED) is 0.612. The SMILES string of the molecule is CCc1nnc(/N=C2/S/C(=C/c3ccccc3OC(CC)C(=O)O)C(=O)N2CC)s1. The number of carbonyl (C=O) groups excluding carboxylic acids is 1. The highest BCUT2D eigenvalue weighted by Gasteiger charge is 2.33. The summed E-state index contributed by atoms with van der Waals surface area (Å²) in [6.45, 7) is 6.09. The highest BCUT2D eigenvalue weighted by Crippen LogP contribution is 2.36. The van der Waals surface area contributed by atoms with E-state index in [0.29, 0.717) is 39.5 Å². The third-order valence-corrected chi connectivity index (χ3v) is 6.24. The van der Waals surface area contributed by atoms with Crippen molar-refractivity contribution in [3.05, 3.63) is 39.7 Å². The lowest BCUT2D eigenvalue weighted by Crippen LogP contribution is -2.28. The highest BCUT2D eigenvalue weighted by molar-refractivity contribution is 8.18. The number of aryl methyl sites for hydroxylation is 1. The average molecular weight is 447 g/mol. The number of aromatic nitrogens is 2. The maximum atomic E-state index is 12.9. The molecule has 2 heterocycles. The van der Waals surface area contributed by atoms with E-state index in [-0.39, 0.29) is 5.91 Å². The van der Waals surface area contributed by atoms with Crippen LogP contribution in [0, 0.1) is 0 Å². The van der Waals surface area contributed by atoms with E-state index >= 15 is 0 Å². The molecule has 1 aliphatic heterocycles. The van der Waals surface area contributed by atoms with Crippen molar-refractivity contribution in [3.8, 4) is 5.75 Å². The zero-order valence-electron chi connectivity index (χ0n) is 16.9. The molecule has 1 saturated heterocycles. The highest BCUT2D eigenvalue weighted by atomic mass is 32.2. The van der Waals surface area contributed by atoms with E-state index in [9.17, 15) is 14.7 Å². The molecule has 1 amide bonds. The van der Waals surface area contributed by atoms with Crippen LogP contribution in [-0.2, 0) is 16.0 Å². The van der Waals surface area contributed by atoms with Gasteiger partial charge in [0.05, 0.1) is 4.91 Å². The molecule has 0 aliphatic carbocycles. The average Bonchev–Trinajstić information content (AvgIpc) is 3.31. The second-order valence-electron chi connectivity index (χ2n) is 6.28. The maximum Gasteiger partial charge on any atom is 0.344 e. The summed E-state index contributed by atoms with van der Waals surface area (Å²) >= 11 is 2.65. The minimum atomic E-state index is -1.03. The number of carbonyl (C=O) groups is 2. The zero-order valence-corrected chi connectivity index (χ0v) is 18.5. The van der Waals surface area contributed by atoms with Crippen molar-refractivity contribution >= 4 is 51.4 Å². The molecular weight excluding hydrogens is 424 g/mol. The molecule has 10 heteroatoms. The Morgan fingerprint density at radius 2 is 2.07 bits per heavy atom. The molecule has 2 aromatic rings. The number of hydrogen-bond donors (Lipinski definition) is 1. The van der Waals surface area contributed by atoms with Crippen LogP contribution in [0.3, 0.4) is 0 Å². The van der Waals surface area contributed by atoms with Gasteiger partial charge in [-0.25, -0.2) is 4.79 Å². The van der Waals surface area contributed by atoms with Crippen molar-refractivity contribution in [2.75, 3.05) is 6.54 Å². The van der Waals surface area contributed by atoms with Crippen LogP contribution in [0.1, 0.15) is 37.8 Å². The number of ether oxygens (including phenoxy) is 1. The van der Waals surface area contributed by atoms with Gasteiger partial charge in [-0.2, -0.15) is 4.99 Å². The zero-order chi connectivity index (χ0) is 21.7. The third-order valence-electron chi connectivity index (χ3n) is 4.28. The predicted octanol–water partition coefficient (Wildman–Crippen LogP) is 3.97. The summed E-state index contributed by atoms with van der Waals surface area (Å²) in [6, 6.07) is 7.06. The van der Waals surface area contributed by atoms with Gasteiger partial charge in [-0.1, -0.05) is 43.4 Å². The van der Waals surface area contributed by atoms with Crippen LogP contribution in [0.5, 0.6) is 5.75 Å². The van der Waals surface area contributed by atoms with Crippen LogP contribution in [0.15, 0.2) is 34.2 Å². The molecule has 30 heavy (non-hydrogen) atoms. The Hall–Kier alpha value is -2.72. The molecule has 0 saturated carbocycles. The van der Waals surface area contributed by atoms with Crippen molar-refractivity contribution in [1.29, 1.82) is 0 Å². The summed E-state index contributed by atoms with van der Waals surface area (Å²) in [4.78, 5) is 30.8. The van der Waals surface area contributed by atoms with Crippen LogP contribution < -0.4 is 4.74 Å². The number of thioether (sulfide) groups is 1. The number of aliphatic imine (C=N–C) groups is 1. The largest absolute Gasteiger partial charge is 0.479 e. The minimum absolute atomic E-state index is 0.165. The van der Waals surface area contributed by atoms with E-state index in [2.05, 4.69) is 15.2 Å². The lowest BCUT2D eigenvalue weighted by molar-refractivity contribution is -0.145. The molecule has 1 fully saturated rings. The predicted molar refractivity (Wildman–Crippen MR) is 118 cm³/mol. The van der Waals surface area contributed by atoms with Crippen molar-refractivity contribution in [2.45, 2.75) is 39.7 Å². The summed E-state index contributed by atoms with van der Waals surface area (Å²) in [5, 5.41) is 19.3. The van der Waals surface area contributed by atoms with Gasteiger partial charge in [-0.05, 0) is 43.7 Å². The number of amidine groups is 1. The Labute approximate surface area is 182 Å². The number of nitrogens with zero attached hydrogens (tertiary/aromatic N) is 4. The standard InChI is InChI=1S/C20H22N4O4S2/c1-4-13(18(26)27)28-14-10-8-7-9-12(14)11-15-17(25)24(6-3)20(29-15)21-19-23-22-16(5-2)30-19/h7-11,13H,4-6H2,1-3H3,(H,26,27)/b15-11+,21-20+. The first-order valence-electron chi connectivity index (χ1n) is 9.57. The number of hydrogen-bond acceptors (Lipinski definition) is 8. The van der Waals surface area contributed by atoms with Crippen LogP contribution in [0.25, 0.3) is 6.08 Å². The summed E-state index contributed by atoms with van der Waals surface area (Å²) in [6.07, 6.45) is 1.87. The van der Waals surface area contributed by atoms with E-state index in [1.165, 1.54) is 23.1 Å². The van der Waals surface area contributed by atoms with Gasteiger partial charge in [0.25, 0.3) is 5.91 Å². The molecule has 0 spiro atoms. The normalized spacial score (nSPS) is 17.7. The Morgan fingerprint density at radius 1 is 1.30 bits per heavy atom. The minimum Gasteiger partial charge on any atom is -0.479 e. The number of para-hydroxylation sites is 1. The fraction of sp³-hybridized carbons (Fsp3) is 0.350. The second-order valence-corrected chi connectivity index (χ2v) is 8.33. The molecule has 1 unspecified atom stereocenters. The monoisotopic (exact) mass is 446 g/mol. The Bertz CT molecular complexity index is 1000. The fourth-order valence-electron chi connectivity index (χ4n) is 2.69. The second kappa shape index (κ2) is 9.86. The van der Waals surface area contributed by atoms with Crippen LogP contribution in [-0.4, -0.2) is 49.9 Å². The first-order chi connectivity index (χ1) is 14.5. The summed E-state index contributed by atoms with van der Waals surface area (Å²) in [5.41, 5.74) is 0.634. The molecule has 0 bridgehead atoms. The number of carboxylic acids is 1. The molecule has 1 N–H and O–H groups in total. The lowest BCUT2D eigenvalue weighted by atomic mass is 10.1. The van der Waals surface area contributed by atoms with Gasteiger partial charge in [-0.3, -0.25) is 9.69 Å². The van der Waals surface area contributed by atoms with Crippen LogP contribution >= 0.6 is 23.1 Å². The molecule has 158 valence electrons. The molecule has 8 nitrogen and oxygen atoms in total. The van der Waals surface area contributed by atoms with Gasteiger partial charge in [-0.15, -0.1) is 10.2 Å². The maximum absolute atomic E-state index is 12.9. The molecule has 1 aliphatic rings. The van der Waals surface area contributed by atoms with Crippen LogP contribution in [0.2, 0.25) is 0 Å². The smallest absolute Gasteiger partial charge is 0.344 e. The van der Waals surface area contributed by atoms with E-state index < -0.39 is 12.1 Å². The molecule has 1 atom stereocenters. The molecule has 0 radical (unpaired) electrons. The Kier molecular flexibility index (Phi) is 7.22. The number of amides is 1. The number of aliphatic carboxylic acids is 1. The van der Waals surface area contributed by atoms with Crippen molar-refractivity contribution in [2.24, 2.45) is 4.99 Å². The van der Waals surface area contributed by atoms with E-state index in [1.54, 1.807) is 36.1 Å².